The van der Waals surface area contributed by atoms with Crippen LogP contribution in [0.4, 0.5) is 4.79 Å². The average molecular weight is 256 g/mol. The van der Waals surface area contributed by atoms with Crippen molar-refractivity contribution >= 4 is 17.1 Å². The lowest BCUT2D eigenvalue weighted by molar-refractivity contribution is 0.188. The Balaban J connectivity index is 1.87. The predicted octanol–water partition coefficient (Wildman–Crippen LogP) is 2.00. The number of nitrogens with one attached hydrogen (secondary N) is 1. The fourth-order valence-corrected chi connectivity index (χ4v) is 2.32. The highest BCUT2D eigenvalue weighted by atomic mass is 16.2. The number of rotatable bonds is 2. The van der Waals surface area contributed by atoms with Crippen LogP contribution < -0.4 is 5.32 Å². The second-order valence-electron chi connectivity index (χ2n) is 4.78. The molecule has 0 atom stereocenters. The molecule has 5 heteroatoms. The van der Waals surface area contributed by atoms with E-state index in [1.807, 2.05) is 35.9 Å². The third kappa shape index (κ3) is 2.07. The van der Waals surface area contributed by atoms with E-state index >= 15 is 0 Å². The molecule has 5 nitrogen and oxygen atoms in total. The van der Waals surface area contributed by atoms with Crippen molar-refractivity contribution in [2.24, 2.45) is 7.05 Å². The van der Waals surface area contributed by atoms with Crippen LogP contribution >= 0.6 is 0 Å². The van der Waals surface area contributed by atoms with E-state index in [1.165, 1.54) is 0 Å². The van der Waals surface area contributed by atoms with Crippen LogP contribution in [0.2, 0.25) is 0 Å². The lowest BCUT2D eigenvalue weighted by atomic mass is 10.2. The summed E-state index contributed by atoms with van der Waals surface area (Å²) in [5.74, 6) is 0.892. The summed E-state index contributed by atoms with van der Waals surface area (Å²) in [6.07, 6.45) is 0.787. The molecule has 1 aromatic carbocycles. The van der Waals surface area contributed by atoms with Gasteiger partial charge in [-0.3, -0.25) is 0 Å². The van der Waals surface area contributed by atoms with Crippen LogP contribution in [0.5, 0.6) is 0 Å². The van der Waals surface area contributed by atoms with Gasteiger partial charge < -0.3 is 14.8 Å². The maximum absolute atomic E-state index is 11.9. The fourth-order valence-electron chi connectivity index (χ4n) is 2.32. The first kappa shape index (κ1) is 11.8. The number of aryl methyl sites for hydroxylation is 1. The number of fused-ring (bicyclic) bond motifs is 1. The summed E-state index contributed by atoms with van der Waals surface area (Å²) < 4.78 is 2.03. The maximum atomic E-state index is 11.9. The quantitative estimate of drug-likeness (QED) is 0.893. The molecule has 98 valence electrons. The lowest BCUT2D eigenvalue weighted by Gasteiger charge is -2.28. The highest BCUT2D eigenvalue weighted by Crippen LogP contribution is 2.17. The van der Waals surface area contributed by atoms with Gasteiger partial charge in [0.1, 0.15) is 5.82 Å². The number of benzene rings is 1. The zero-order valence-electron chi connectivity index (χ0n) is 10.9. The molecule has 0 radical (unpaired) electrons. The first-order valence-electron chi connectivity index (χ1n) is 6.29. The van der Waals surface area contributed by atoms with E-state index in [-0.39, 0.29) is 6.03 Å². The van der Waals surface area contributed by atoms with Crippen molar-refractivity contribution in [2.45, 2.75) is 13.0 Å². The van der Waals surface area contributed by atoms with Gasteiger partial charge in [0.15, 0.2) is 0 Å². The number of imidazole rings is 1. The van der Waals surface area contributed by atoms with Crippen LogP contribution in [0.15, 0.2) is 36.5 Å². The Morgan fingerprint density at radius 2 is 2.21 bits per heavy atom. The minimum absolute atomic E-state index is 0.0942. The van der Waals surface area contributed by atoms with Gasteiger partial charge in [-0.1, -0.05) is 18.7 Å². The van der Waals surface area contributed by atoms with Gasteiger partial charge in [-0.05, 0) is 12.1 Å². The van der Waals surface area contributed by atoms with Crippen molar-refractivity contribution in [3.8, 4) is 0 Å². The number of aromatic nitrogens is 2. The predicted molar refractivity (Wildman–Crippen MR) is 73.4 cm³/mol. The summed E-state index contributed by atoms with van der Waals surface area (Å²) >= 11 is 0. The molecule has 1 aliphatic heterocycles. The molecule has 0 saturated carbocycles. The van der Waals surface area contributed by atoms with Gasteiger partial charge in [0.05, 0.1) is 17.6 Å². The van der Waals surface area contributed by atoms with Gasteiger partial charge >= 0.3 is 6.03 Å². The van der Waals surface area contributed by atoms with E-state index in [1.54, 1.807) is 4.90 Å². The first-order valence-corrected chi connectivity index (χ1v) is 6.29. The average Bonchev–Trinajstić information content (AvgIpc) is 2.70. The Labute approximate surface area is 111 Å². The zero-order chi connectivity index (χ0) is 13.4. The number of amides is 2. The van der Waals surface area contributed by atoms with Crippen molar-refractivity contribution in [2.75, 3.05) is 6.54 Å². The number of para-hydroxylation sites is 2. The zero-order valence-corrected chi connectivity index (χ0v) is 10.9. The molecule has 19 heavy (non-hydrogen) atoms. The Morgan fingerprint density at radius 1 is 1.42 bits per heavy atom. The van der Waals surface area contributed by atoms with Crippen LogP contribution in [-0.2, 0) is 13.6 Å². The summed E-state index contributed by atoms with van der Waals surface area (Å²) in [5.41, 5.74) is 2.83. The number of hydrogen-bond acceptors (Lipinski definition) is 2. The Hall–Kier alpha value is -2.30. The van der Waals surface area contributed by atoms with E-state index in [0.717, 1.165) is 29.0 Å². The summed E-state index contributed by atoms with van der Waals surface area (Å²) in [7, 11) is 1.98. The largest absolute Gasteiger partial charge is 0.330 e. The summed E-state index contributed by atoms with van der Waals surface area (Å²) in [4.78, 5) is 18.2. The lowest BCUT2D eigenvalue weighted by Crippen LogP contribution is -2.44. The van der Waals surface area contributed by atoms with E-state index in [4.69, 9.17) is 0 Å². The number of carbonyl (C=O) groups is 1. The van der Waals surface area contributed by atoms with E-state index in [9.17, 15) is 4.79 Å². The van der Waals surface area contributed by atoms with Gasteiger partial charge in [0.2, 0.25) is 0 Å². The molecule has 1 aliphatic rings. The van der Waals surface area contributed by atoms with Crippen LogP contribution in [0.3, 0.4) is 0 Å². The van der Waals surface area contributed by atoms with Gasteiger partial charge in [-0.2, -0.15) is 0 Å². The molecule has 1 N–H and O–H groups in total. The number of nitrogens with zero attached hydrogens (tertiary/aromatic N) is 3. The van der Waals surface area contributed by atoms with Gasteiger partial charge in [0.25, 0.3) is 0 Å². The third-order valence-electron chi connectivity index (χ3n) is 3.47. The van der Waals surface area contributed by atoms with E-state index < -0.39 is 0 Å². The molecule has 2 heterocycles. The Morgan fingerprint density at radius 3 is 2.95 bits per heavy atom. The molecule has 0 aliphatic carbocycles. The molecule has 1 fully saturated rings. The normalized spacial score (nSPS) is 15.9. The first-order chi connectivity index (χ1) is 9.15. The molecule has 1 saturated heterocycles. The molecular formula is C14H16N4O. The van der Waals surface area contributed by atoms with E-state index in [2.05, 4.69) is 16.9 Å². The second-order valence-corrected chi connectivity index (χ2v) is 4.78. The van der Waals surface area contributed by atoms with Crippen molar-refractivity contribution in [3.05, 3.63) is 42.4 Å². The second kappa shape index (κ2) is 4.42. The Bertz CT molecular complexity index is 659. The number of hydrogen-bond donors (Lipinski definition) is 1. The minimum atomic E-state index is -0.0942. The van der Waals surface area contributed by atoms with Crippen LogP contribution in [-0.4, -0.2) is 27.0 Å². The number of carbonyl (C=O) groups excluding carboxylic acids is 1. The fraction of sp³-hybridized carbons (Fsp3) is 0.286. The minimum Gasteiger partial charge on any atom is -0.330 e. The molecule has 2 aromatic rings. The third-order valence-corrected chi connectivity index (χ3v) is 3.47. The maximum Gasteiger partial charge on any atom is 0.321 e. The van der Waals surface area contributed by atoms with Crippen molar-refractivity contribution in [3.63, 3.8) is 0 Å². The van der Waals surface area contributed by atoms with E-state index in [0.29, 0.717) is 13.1 Å². The molecule has 0 unspecified atom stereocenters. The highest BCUT2D eigenvalue weighted by molar-refractivity contribution is 5.78. The van der Waals surface area contributed by atoms with Crippen LogP contribution in [0, 0.1) is 0 Å². The summed E-state index contributed by atoms with van der Waals surface area (Å²) in [6, 6.07) is 7.88. The van der Waals surface area contributed by atoms with Gasteiger partial charge in [-0.25, -0.2) is 9.78 Å². The van der Waals surface area contributed by atoms with Gasteiger partial charge in [-0.15, -0.1) is 0 Å². The highest BCUT2D eigenvalue weighted by Gasteiger charge is 2.21. The SMILES string of the molecule is C=C1CCN(Cc2nc3ccccc3n2C)C(=O)N1. The monoisotopic (exact) mass is 256 g/mol. The number of urea groups is 1. The van der Waals surface area contributed by atoms with Crippen LogP contribution in [0.1, 0.15) is 12.2 Å². The van der Waals surface area contributed by atoms with Crippen molar-refractivity contribution in [1.29, 1.82) is 0 Å². The van der Waals surface area contributed by atoms with Crippen molar-refractivity contribution in [1.82, 2.24) is 19.8 Å². The summed E-state index contributed by atoms with van der Waals surface area (Å²) in [6.45, 7) is 4.99. The molecule has 0 spiro atoms. The molecular weight excluding hydrogens is 240 g/mol. The molecule has 1 aromatic heterocycles. The standard InChI is InChI=1S/C14H16N4O/c1-10-7-8-18(14(19)15-10)9-13-16-11-5-3-4-6-12(11)17(13)2/h3-6H,1,7-9H2,2H3,(H,15,19). The smallest absolute Gasteiger partial charge is 0.321 e. The topological polar surface area (TPSA) is 50.2 Å². The molecule has 2 amide bonds. The molecule has 0 bridgehead atoms. The van der Waals surface area contributed by atoms with Gasteiger partial charge in [0, 0.05) is 25.7 Å². The summed E-state index contributed by atoms with van der Waals surface area (Å²) in [5, 5.41) is 2.76. The molecule has 3 rings (SSSR count). The van der Waals surface area contributed by atoms with Crippen molar-refractivity contribution < 1.29 is 4.79 Å². The Kier molecular flexibility index (Phi) is 2.74. The van der Waals surface area contributed by atoms with Crippen LogP contribution in [0.25, 0.3) is 11.0 Å².